The first-order chi connectivity index (χ1) is 19.3. The van der Waals surface area contributed by atoms with Gasteiger partial charge in [0, 0.05) is 38.3 Å². The normalized spacial score (nSPS) is 17.9. The fraction of sp³-hybridized carbons (Fsp3) is 0.448. The number of anilines is 2. The van der Waals surface area contributed by atoms with E-state index in [0.717, 1.165) is 32.4 Å². The van der Waals surface area contributed by atoms with Gasteiger partial charge in [0.15, 0.2) is 0 Å². The van der Waals surface area contributed by atoms with Gasteiger partial charge in [0.2, 0.25) is 5.91 Å². The van der Waals surface area contributed by atoms with E-state index in [9.17, 15) is 24.3 Å². The number of para-hydroxylation sites is 2. The van der Waals surface area contributed by atoms with Gasteiger partial charge in [0.1, 0.15) is 11.8 Å². The van der Waals surface area contributed by atoms with E-state index in [0.29, 0.717) is 42.1 Å². The van der Waals surface area contributed by atoms with E-state index in [-0.39, 0.29) is 25.0 Å². The maximum Gasteiger partial charge on any atom is 0.326 e. The molecule has 4 N–H and O–H groups in total. The minimum absolute atomic E-state index is 0.0894. The van der Waals surface area contributed by atoms with Crippen molar-refractivity contribution in [2.75, 3.05) is 43.9 Å². The van der Waals surface area contributed by atoms with Crippen LogP contribution in [0.2, 0.25) is 0 Å². The molecule has 0 spiro atoms. The van der Waals surface area contributed by atoms with E-state index >= 15 is 0 Å². The zero-order valence-electron chi connectivity index (χ0n) is 22.7. The summed E-state index contributed by atoms with van der Waals surface area (Å²) >= 11 is 0. The third-order valence-corrected chi connectivity index (χ3v) is 7.33. The van der Waals surface area contributed by atoms with Crippen molar-refractivity contribution in [2.45, 2.75) is 44.6 Å². The average Bonchev–Trinajstić information content (AvgIpc) is 2.98. The van der Waals surface area contributed by atoms with Crippen LogP contribution in [0, 0.1) is 5.92 Å². The zero-order chi connectivity index (χ0) is 28.5. The molecule has 2 aliphatic heterocycles. The highest BCUT2D eigenvalue weighted by atomic mass is 16.5. The molecule has 2 fully saturated rings. The maximum atomic E-state index is 13.1. The summed E-state index contributed by atoms with van der Waals surface area (Å²) in [6.07, 6.45) is 4.42. The number of ether oxygens (including phenoxy) is 1. The Bertz CT molecular complexity index is 1200. The molecule has 2 atom stereocenters. The van der Waals surface area contributed by atoms with Crippen molar-refractivity contribution >= 4 is 35.3 Å². The molecule has 11 nitrogen and oxygen atoms in total. The Hall–Kier alpha value is -4.28. The second-order valence-electron chi connectivity index (χ2n) is 10.2. The van der Waals surface area contributed by atoms with E-state index < -0.39 is 23.8 Å². The number of nitrogens with zero attached hydrogens (tertiary/aromatic N) is 2. The maximum absolute atomic E-state index is 13.1. The lowest BCUT2D eigenvalue weighted by atomic mass is 9.96. The fourth-order valence-electron chi connectivity index (χ4n) is 5.07. The second kappa shape index (κ2) is 13.7. The molecule has 1 unspecified atom stereocenters. The van der Waals surface area contributed by atoms with Gasteiger partial charge >= 0.3 is 18.0 Å². The van der Waals surface area contributed by atoms with Crippen LogP contribution in [0.25, 0.3) is 0 Å². The highest BCUT2D eigenvalue weighted by molar-refractivity contribution is 5.92. The van der Waals surface area contributed by atoms with E-state index in [1.54, 1.807) is 58.3 Å². The Morgan fingerprint density at radius 1 is 0.900 bits per heavy atom. The third-order valence-electron chi connectivity index (χ3n) is 7.33. The van der Waals surface area contributed by atoms with Gasteiger partial charge in [-0.15, -0.1) is 0 Å². The number of carboxylic acid groups (broad SMARTS) is 1. The summed E-state index contributed by atoms with van der Waals surface area (Å²) in [7, 11) is 1.52. The van der Waals surface area contributed by atoms with Crippen LogP contribution in [-0.4, -0.2) is 78.2 Å². The number of carboxylic acids is 1. The van der Waals surface area contributed by atoms with E-state index in [4.69, 9.17) is 4.74 Å². The molecule has 0 aliphatic carbocycles. The standard InChI is InChI=1S/C29H37N5O6/c1-40-25-10-4-3-9-23(25)32-29(39)34-17-7-8-21(19-34)26(35)31-24(27(36)37)18-20-11-13-22(14-12-20)30-28(38)33-15-5-2-6-16-33/h3-4,9-14,21,24H,2,5-8,15-19H2,1H3,(H,30,38)(H,31,35)(H,32,39)(H,36,37)/t21?,24-/m0/s1. The highest BCUT2D eigenvalue weighted by Crippen LogP contribution is 2.25. The monoisotopic (exact) mass is 551 g/mol. The number of amides is 5. The summed E-state index contributed by atoms with van der Waals surface area (Å²) < 4.78 is 5.28. The molecular weight excluding hydrogens is 514 g/mol. The first-order valence-corrected chi connectivity index (χ1v) is 13.7. The van der Waals surface area contributed by atoms with E-state index in [1.165, 1.54) is 7.11 Å². The predicted octanol–water partition coefficient (Wildman–Crippen LogP) is 3.77. The average molecular weight is 552 g/mol. The summed E-state index contributed by atoms with van der Waals surface area (Å²) in [6, 6.07) is 12.4. The lowest BCUT2D eigenvalue weighted by Gasteiger charge is -2.32. The number of urea groups is 2. The first kappa shape index (κ1) is 28.7. The third kappa shape index (κ3) is 7.64. The minimum atomic E-state index is -1.14. The SMILES string of the molecule is COc1ccccc1NC(=O)N1CCCC(C(=O)N[C@@H](Cc2ccc(NC(=O)N3CCCCC3)cc2)C(=O)O)C1. The summed E-state index contributed by atoms with van der Waals surface area (Å²) in [6.45, 7) is 2.17. The van der Waals surface area contributed by atoms with E-state index in [2.05, 4.69) is 16.0 Å². The Morgan fingerprint density at radius 3 is 2.27 bits per heavy atom. The zero-order valence-corrected chi connectivity index (χ0v) is 22.7. The first-order valence-electron chi connectivity index (χ1n) is 13.7. The van der Waals surface area contributed by atoms with Gasteiger partial charge in [-0.05, 0) is 61.9 Å². The van der Waals surface area contributed by atoms with Crippen LogP contribution in [0.1, 0.15) is 37.7 Å². The number of hydrogen-bond acceptors (Lipinski definition) is 5. The molecule has 0 saturated carbocycles. The van der Waals surface area contributed by atoms with E-state index in [1.807, 2.05) is 0 Å². The van der Waals surface area contributed by atoms with Crippen molar-refractivity contribution in [2.24, 2.45) is 5.92 Å². The minimum Gasteiger partial charge on any atom is -0.495 e. The molecular formula is C29H37N5O6. The van der Waals surface area contributed by atoms with Crippen molar-refractivity contribution in [3.05, 3.63) is 54.1 Å². The van der Waals surface area contributed by atoms with Crippen molar-refractivity contribution in [3.63, 3.8) is 0 Å². The summed E-state index contributed by atoms with van der Waals surface area (Å²) in [4.78, 5) is 53.7. The van der Waals surface area contributed by atoms with Gasteiger partial charge in [0.25, 0.3) is 0 Å². The number of carbonyl (C=O) groups excluding carboxylic acids is 3. The number of carbonyl (C=O) groups is 4. The van der Waals surface area contributed by atoms with Gasteiger partial charge in [-0.3, -0.25) is 4.79 Å². The van der Waals surface area contributed by atoms with Crippen molar-refractivity contribution in [1.82, 2.24) is 15.1 Å². The number of nitrogens with one attached hydrogen (secondary N) is 3. The Balaban J connectivity index is 1.30. The van der Waals surface area contributed by atoms with Crippen molar-refractivity contribution in [3.8, 4) is 5.75 Å². The summed E-state index contributed by atoms with van der Waals surface area (Å²) in [5.41, 5.74) is 1.87. The molecule has 5 amide bonds. The van der Waals surface area contributed by atoms with Crippen LogP contribution in [0.3, 0.4) is 0 Å². The van der Waals surface area contributed by atoms with Gasteiger partial charge in [-0.1, -0.05) is 24.3 Å². The largest absolute Gasteiger partial charge is 0.495 e. The van der Waals surface area contributed by atoms with Crippen LogP contribution in [0.15, 0.2) is 48.5 Å². The van der Waals surface area contributed by atoms with Crippen LogP contribution < -0.4 is 20.7 Å². The molecule has 40 heavy (non-hydrogen) atoms. The number of hydrogen-bond donors (Lipinski definition) is 4. The number of rotatable bonds is 8. The number of piperidine rings is 2. The number of likely N-dealkylation sites (tertiary alicyclic amines) is 2. The molecule has 0 radical (unpaired) electrons. The van der Waals surface area contributed by atoms with Gasteiger partial charge in [-0.2, -0.15) is 0 Å². The van der Waals surface area contributed by atoms with Crippen molar-refractivity contribution < 1.29 is 29.0 Å². The smallest absolute Gasteiger partial charge is 0.326 e. The van der Waals surface area contributed by atoms with Crippen LogP contribution in [0.4, 0.5) is 21.0 Å². The lowest BCUT2D eigenvalue weighted by Crippen LogP contribution is -2.50. The molecule has 2 aromatic carbocycles. The molecule has 2 heterocycles. The molecule has 214 valence electrons. The molecule has 2 aromatic rings. The van der Waals surface area contributed by atoms with Crippen LogP contribution in [0.5, 0.6) is 5.75 Å². The van der Waals surface area contributed by atoms with Gasteiger partial charge in [0.05, 0.1) is 18.7 Å². The molecule has 11 heteroatoms. The second-order valence-corrected chi connectivity index (χ2v) is 10.2. The lowest BCUT2D eigenvalue weighted by molar-refractivity contribution is -0.142. The number of aliphatic carboxylic acids is 1. The quantitative estimate of drug-likeness (QED) is 0.394. The molecule has 2 aliphatic rings. The predicted molar refractivity (Wildman–Crippen MR) is 150 cm³/mol. The number of benzene rings is 2. The topological polar surface area (TPSA) is 140 Å². The Kier molecular flexibility index (Phi) is 9.82. The Morgan fingerprint density at radius 2 is 1.57 bits per heavy atom. The fourth-order valence-corrected chi connectivity index (χ4v) is 5.07. The molecule has 4 rings (SSSR count). The number of methoxy groups -OCH3 is 1. The molecule has 0 aromatic heterocycles. The van der Waals surface area contributed by atoms with Crippen LogP contribution in [-0.2, 0) is 16.0 Å². The molecule has 0 bridgehead atoms. The highest BCUT2D eigenvalue weighted by Gasteiger charge is 2.31. The van der Waals surface area contributed by atoms with Gasteiger partial charge in [-0.25, -0.2) is 14.4 Å². The van der Waals surface area contributed by atoms with Gasteiger partial charge < -0.3 is 35.6 Å². The summed E-state index contributed by atoms with van der Waals surface area (Å²) in [5.74, 6) is -1.53. The summed E-state index contributed by atoms with van der Waals surface area (Å²) in [5, 5.41) is 18.2. The van der Waals surface area contributed by atoms with Crippen LogP contribution >= 0.6 is 0 Å². The van der Waals surface area contributed by atoms with Crippen molar-refractivity contribution in [1.29, 1.82) is 0 Å². The molecule has 2 saturated heterocycles. The Labute approximate surface area is 233 Å².